The number of rotatable bonds is 9. The fourth-order valence-corrected chi connectivity index (χ4v) is 6.07. The van der Waals surface area contributed by atoms with Gasteiger partial charge in [-0.3, -0.25) is 14.2 Å². The van der Waals surface area contributed by atoms with E-state index in [1.807, 2.05) is 45.0 Å². The second kappa shape index (κ2) is 12.9. The number of allylic oxidation sites excluding steroid dienone is 1. The first-order valence-corrected chi connectivity index (χ1v) is 14.8. The lowest BCUT2D eigenvalue weighted by Gasteiger charge is -2.26. The summed E-state index contributed by atoms with van der Waals surface area (Å²) in [5.41, 5.74) is 1.71. The third-order valence-corrected chi connectivity index (χ3v) is 7.54. The van der Waals surface area contributed by atoms with Gasteiger partial charge in [0.25, 0.3) is 5.56 Å². The first kappa shape index (κ1) is 30.3. The molecular formula is C30H31BrN2O7S. The summed E-state index contributed by atoms with van der Waals surface area (Å²) in [7, 11) is 0. The lowest BCUT2D eigenvalue weighted by Crippen LogP contribution is -2.40. The number of halogens is 1. The molecule has 1 atom stereocenters. The molecular weight excluding hydrogens is 612 g/mol. The second-order valence-corrected chi connectivity index (χ2v) is 11.2. The van der Waals surface area contributed by atoms with Crippen molar-refractivity contribution in [3.05, 3.63) is 83.0 Å². The molecule has 0 fully saturated rings. The first-order chi connectivity index (χ1) is 19.5. The summed E-state index contributed by atoms with van der Waals surface area (Å²) in [6, 6.07) is 9.98. The van der Waals surface area contributed by atoms with Gasteiger partial charge in [0.1, 0.15) is 11.8 Å². The largest absolute Gasteiger partial charge is 0.491 e. The summed E-state index contributed by atoms with van der Waals surface area (Å²) >= 11 is 4.66. The van der Waals surface area contributed by atoms with Gasteiger partial charge in [0.2, 0.25) is 0 Å². The van der Waals surface area contributed by atoms with Crippen LogP contribution in [0, 0.1) is 0 Å². The Morgan fingerprint density at radius 3 is 2.54 bits per heavy atom. The average molecular weight is 644 g/mol. The van der Waals surface area contributed by atoms with Crippen LogP contribution in [0.25, 0.3) is 6.08 Å². The van der Waals surface area contributed by atoms with Crippen molar-refractivity contribution in [3.63, 3.8) is 0 Å². The van der Waals surface area contributed by atoms with Crippen LogP contribution in [0.2, 0.25) is 0 Å². The summed E-state index contributed by atoms with van der Waals surface area (Å²) in [4.78, 5) is 44.0. The summed E-state index contributed by atoms with van der Waals surface area (Å²) < 4.78 is 24.9. The molecule has 0 saturated heterocycles. The quantitative estimate of drug-likeness (QED) is 0.247. The molecule has 0 N–H and O–H groups in total. The highest BCUT2D eigenvalue weighted by Crippen LogP contribution is 2.38. The molecule has 0 amide bonds. The average Bonchev–Trinajstić information content (AvgIpc) is 3.19. The number of thiazole rings is 1. The molecule has 41 heavy (non-hydrogen) atoms. The fourth-order valence-electron chi connectivity index (χ4n) is 4.48. The Balaban J connectivity index is 1.95. The van der Waals surface area contributed by atoms with Gasteiger partial charge >= 0.3 is 11.9 Å². The highest BCUT2D eigenvalue weighted by Gasteiger charge is 2.35. The van der Waals surface area contributed by atoms with E-state index in [0.29, 0.717) is 48.7 Å². The summed E-state index contributed by atoms with van der Waals surface area (Å²) in [6.45, 7) is 11.0. The van der Waals surface area contributed by atoms with Gasteiger partial charge in [-0.05, 0) is 80.4 Å². The standard InChI is InChI=1S/C30H31BrN2O7S/c1-7-37-23-14-19(13-21(31)27(23)40-18(6)34)15-24-28(35)33-26(20-11-9-10-12-22(20)39-16(3)4)25(29(36)38-8-2)17(5)32-30(33)41-24/h9-16,26H,7-8H2,1-6H3/b24-15-/t26-/m0/s1. The number of aromatic nitrogens is 1. The number of fused-ring (bicyclic) bond motifs is 1. The maximum absolute atomic E-state index is 14.0. The number of nitrogens with zero attached hydrogens (tertiary/aromatic N) is 2. The second-order valence-electron chi connectivity index (χ2n) is 9.36. The highest BCUT2D eigenvalue weighted by atomic mass is 79.9. The van der Waals surface area contributed by atoms with Crippen LogP contribution < -0.4 is 29.1 Å². The molecule has 0 saturated carbocycles. The van der Waals surface area contributed by atoms with E-state index in [9.17, 15) is 14.4 Å². The fraction of sp³-hybridized carbons (Fsp3) is 0.333. The van der Waals surface area contributed by atoms with Crippen LogP contribution in [0.15, 0.2) is 61.9 Å². The van der Waals surface area contributed by atoms with E-state index in [2.05, 4.69) is 20.9 Å². The molecule has 0 radical (unpaired) electrons. The Kier molecular flexibility index (Phi) is 9.49. The van der Waals surface area contributed by atoms with Crippen molar-refractivity contribution in [2.45, 2.75) is 53.7 Å². The summed E-state index contributed by atoms with van der Waals surface area (Å²) in [5, 5.41) is 0. The number of carbonyl (C=O) groups is 2. The van der Waals surface area contributed by atoms with Crippen molar-refractivity contribution >= 4 is 45.3 Å². The topological polar surface area (TPSA) is 105 Å². The zero-order chi connectivity index (χ0) is 29.8. The summed E-state index contributed by atoms with van der Waals surface area (Å²) in [6.07, 6.45) is 1.59. The maximum Gasteiger partial charge on any atom is 0.338 e. The predicted octanol–water partition coefficient (Wildman–Crippen LogP) is 4.67. The Hall–Kier alpha value is -3.70. The van der Waals surface area contributed by atoms with Crippen LogP contribution >= 0.6 is 27.3 Å². The minimum atomic E-state index is -0.806. The maximum atomic E-state index is 14.0. The zero-order valence-electron chi connectivity index (χ0n) is 23.6. The van der Waals surface area contributed by atoms with Gasteiger partial charge < -0.3 is 18.9 Å². The van der Waals surface area contributed by atoms with Gasteiger partial charge in [-0.15, -0.1) is 0 Å². The molecule has 1 aliphatic rings. The molecule has 3 aromatic rings. The van der Waals surface area contributed by atoms with Crippen LogP contribution in [0.4, 0.5) is 0 Å². The third kappa shape index (κ3) is 6.46. The Morgan fingerprint density at radius 2 is 1.88 bits per heavy atom. The molecule has 1 aliphatic heterocycles. The molecule has 4 rings (SSSR count). The normalized spacial score (nSPS) is 14.9. The Labute approximate surface area is 249 Å². The van der Waals surface area contributed by atoms with E-state index in [4.69, 9.17) is 18.9 Å². The van der Waals surface area contributed by atoms with Crippen molar-refractivity contribution in [2.24, 2.45) is 4.99 Å². The number of esters is 2. The molecule has 0 aliphatic carbocycles. The molecule has 1 aromatic heterocycles. The smallest absolute Gasteiger partial charge is 0.338 e. The number of ether oxygens (including phenoxy) is 4. The minimum Gasteiger partial charge on any atom is -0.491 e. The monoisotopic (exact) mass is 642 g/mol. The van der Waals surface area contributed by atoms with E-state index in [0.717, 1.165) is 0 Å². The van der Waals surface area contributed by atoms with Crippen molar-refractivity contribution in [2.75, 3.05) is 13.2 Å². The van der Waals surface area contributed by atoms with E-state index < -0.39 is 18.0 Å². The van der Waals surface area contributed by atoms with Crippen molar-refractivity contribution in [1.82, 2.24) is 4.57 Å². The van der Waals surface area contributed by atoms with Gasteiger partial charge in [-0.1, -0.05) is 29.5 Å². The predicted molar refractivity (Wildman–Crippen MR) is 159 cm³/mol. The van der Waals surface area contributed by atoms with Crippen LogP contribution in [-0.4, -0.2) is 35.8 Å². The van der Waals surface area contributed by atoms with Gasteiger partial charge in [0.05, 0.1) is 39.6 Å². The van der Waals surface area contributed by atoms with Crippen molar-refractivity contribution < 1.29 is 28.5 Å². The highest BCUT2D eigenvalue weighted by molar-refractivity contribution is 9.10. The number of hydrogen-bond acceptors (Lipinski definition) is 9. The third-order valence-electron chi connectivity index (χ3n) is 5.97. The lowest BCUT2D eigenvalue weighted by molar-refractivity contribution is -0.139. The minimum absolute atomic E-state index is 0.129. The Bertz CT molecular complexity index is 1700. The number of carbonyl (C=O) groups excluding carboxylic acids is 2. The van der Waals surface area contributed by atoms with Crippen LogP contribution in [0.1, 0.15) is 58.7 Å². The molecule has 0 unspecified atom stereocenters. The molecule has 0 bridgehead atoms. The molecule has 2 aromatic carbocycles. The van der Waals surface area contributed by atoms with Gasteiger partial charge in [-0.2, -0.15) is 0 Å². The van der Waals surface area contributed by atoms with Crippen LogP contribution in [0.3, 0.4) is 0 Å². The van der Waals surface area contributed by atoms with Crippen LogP contribution in [0.5, 0.6) is 17.2 Å². The molecule has 216 valence electrons. The molecule has 2 heterocycles. The van der Waals surface area contributed by atoms with Gasteiger partial charge in [-0.25, -0.2) is 9.79 Å². The van der Waals surface area contributed by atoms with Gasteiger partial charge in [0.15, 0.2) is 16.3 Å². The molecule has 9 nitrogen and oxygen atoms in total. The van der Waals surface area contributed by atoms with Gasteiger partial charge in [0, 0.05) is 12.5 Å². The number of benzene rings is 2. The Morgan fingerprint density at radius 1 is 1.15 bits per heavy atom. The van der Waals surface area contributed by atoms with Crippen LogP contribution in [-0.2, 0) is 14.3 Å². The zero-order valence-corrected chi connectivity index (χ0v) is 26.1. The summed E-state index contributed by atoms with van der Waals surface area (Å²) in [5.74, 6) is 0.148. The number of para-hydroxylation sites is 1. The molecule has 0 spiro atoms. The molecule has 11 heteroatoms. The van der Waals surface area contributed by atoms with Crippen molar-refractivity contribution in [3.8, 4) is 17.2 Å². The SMILES string of the molecule is CCOC(=O)C1=C(C)N=c2s/c(=C\c3cc(Br)c(OC(C)=O)c(OCC)c3)c(=O)n2[C@H]1c1ccccc1OC(C)C. The van der Waals surface area contributed by atoms with E-state index in [1.54, 1.807) is 32.1 Å². The first-order valence-electron chi connectivity index (χ1n) is 13.2. The van der Waals surface area contributed by atoms with E-state index in [-0.39, 0.29) is 29.6 Å². The van der Waals surface area contributed by atoms with E-state index in [1.165, 1.54) is 22.8 Å². The number of hydrogen-bond donors (Lipinski definition) is 0. The lowest BCUT2D eigenvalue weighted by atomic mass is 9.95. The van der Waals surface area contributed by atoms with E-state index >= 15 is 0 Å². The van der Waals surface area contributed by atoms with Crippen molar-refractivity contribution in [1.29, 1.82) is 0 Å².